The summed E-state index contributed by atoms with van der Waals surface area (Å²) < 4.78 is 5.59. The third-order valence-electron chi connectivity index (χ3n) is 2.96. The topological polar surface area (TPSA) is 12.5 Å². The van der Waals surface area contributed by atoms with Crippen molar-refractivity contribution in [1.82, 2.24) is 4.90 Å². The second kappa shape index (κ2) is 5.55. The number of rotatable bonds is 4. The van der Waals surface area contributed by atoms with Crippen LogP contribution >= 0.6 is 11.6 Å². The highest BCUT2D eigenvalue weighted by molar-refractivity contribution is 6.17. The fraction of sp³-hybridized carbons (Fsp3) is 0.538. The molecule has 0 N–H and O–H groups in total. The molecular weight excluding hydrogens is 222 g/mol. The summed E-state index contributed by atoms with van der Waals surface area (Å²) in [6.45, 7) is 1.87. The van der Waals surface area contributed by atoms with Crippen LogP contribution in [0.15, 0.2) is 18.2 Å². The minimum absolute atomic E-state index is 0.591. The molecule has 0 bridgehead atoms. The molecule has 0 fully saturated rings. The lowest BCUT2D eigenvalue weighted by Crippen LogP contribution is -2.19. The molecule has 3 heteroatoms. The number of likely N-dealkylation sites (N-methyl/N-ethyl adjacent to an activating group) is 1. The molecule has 0 spiro atoms. The lowest BCUT2D eigenvalue weighted by molar-refractivity contribution is 0.288. The zero-order valence-electron chi connectivity index (χ0n) is 9.71. The summed E-state index contributed by atoms with van der Waals surface area (Å²) in [6.07, 6.45) is 3.34. The van der Waals surface area contributed by atoms with Gasteiger partial charge in [-0.25, -0.2) is 0 Å². The second-order valence-electron chi connectivity index (χ2n) is 4.34. The predicted molar refractivity (Wildman–Crippen MR) is 67.3 cm³/mol. The van der Waals surface area contributed by atoms with Gasteiger partial charge in [-0.3, -0.25) is 4.90 Å². The summed E-state index contributed by atoms with van der Waals surface area (Å²) in [5.74, 6) is 1.07. The Morgan fingerprint density at radius 1 is 1.44 bits per heavy atom. The summed E-state index contributed by atoms with van der Waals surface area (Å²) in [5, 5.41) is 0. The maximum absolute atomic E-state index is 5.74. The molecule has 88 valence electrons. The number of aryl methyl sites for hydroxylation is 1. The molecular formula is C13H18ClNO. The van der Waals surface area contributed by atoms with Gasteiger partial charge in [-0.05, 0) is 43.5 Å². The Kier molecular flexibility index (Phi) is 4.08. The van der Waals surface area contributed by atoms with E-state index in [1.165, 1.54) is 11.1 Å². The van der Waals surface area contributed by atoms with Crippen molar-refractivity contribution in [3.63, 3.8) is 0 Å². The van der Waals surface area contributed by atoms with Gasteiger partial charge in [0.05, 0.1) is 12.6 Å². The van der Waals surface area contributed by atoms with Crippen LogP contribution in [0.3, 0.4) is 0 Å². The minimum atomic E-state index is 0.591. The largest absolute Gasteiger partial charge is 0.493 e. The van der Waals surface area contributed by atoms with Crippen molar-refractivity contribution in [3.05, 3.63) is 29.3 Å². The molecule has 2 rings (SSSR count). The highest BCUT2D eigenvalue weighted by atomic mass is 35.5. The average molecular weight is 240 g/mol. The number of hydrogen-bond donors (Lipinski definition) is 0. The Morgan fingerprint density at radius 3 is 3.12 bits per heavy atom. The molecule has 1 aliphatic rings. The molecule has 1 aliphatic heterocycles. The van der Waals surface area contributed by atoms with E-state index in [9.17, 15) is 0 Å². The van der Waals surface area contributed by atoms with Crippen LogP contribution in [0.25, 0.3) is 0 Å². The van der Waals surface area contributed by atoms with Crippen LogP contribution in [-0.4, -0.2) is 31.1 Å². The zero-order chi connectivity index (χ0) is 11.4. The number of fused-ring (bicyclic) bond motifs is 1. The molecule has 16 heavy (non-hydrogen) atoms. The third kappa shape index (κ3) is 2.89. The van der Waals surface area contributed by atoms with E-state index in [1.54, 1.807) is 0 Å². The smallest absolute Gasteiger partial charge is 0.122 e. The van der Waals surface area contributed by atoms with Gasteiger partial charge in [0.25, 0.3) is 0 Å². The lowest BCUT2D eigenvalue weighted by Gasteiger charge is -2.18. The summed E-state index contributed by atoms with van der Waals surface area (Å²) in [7, 11) is 2.04. The van der Waals surface area contributed by atoms with Crippen LogP contribution in [0.1, 0.15) is 17.5 Å². The first-order valence-electron chi connectivity index (χ1n) is 5.78. The molecule has 0 aromatic heterocycles. The number of benzene rings is 1. The SMILES string of the molecule is CN(CCl)CCc1ccc2c(c1)CCCO2. The molecule has 1 aromatic rings. The molecule has 2 nitrogen and oxygen atoms in total. The maximum atomic E-state index is 5.74. The first kappa shape index (κ1) is 11.7. The van der Waals surface area contributed by atoms with Crippen LogP contribution in [0.2, 0.25) is 0 Å². The Hall–Kier alpha value is -0.730. The molecule has 0 radical (unpaired) electrons. The number of hydrogen-bond acceptors (Lipinski definition) is 2. The van der Waals surface area contributed by atoms with E-state index < -0.39 is 0 Å². The fourth-order valence-electron chi connectivity index (χ4n) is 1.95. The standard InChI is InChI=1S/C13H18ClNO/c1-15(10-14)7-6-11-4-5-13-12(9-11)3-2-8-16-13/h4-5,9H,2-3,6-8,10H2,1H3. The van der Waals surface area contributed by atoms with E-state index in [1.807, 2.05) is 7.05 Å². The van der Waals surface area contributed by atoms with E-state index in [4.69, 9.17) is 16.3 Å². The van der Waals surface area contributed by atoms with Crippen LogP contribution in [0.5, 0.6) is 5.75 Å². The van der Waals surface area contributed by atoms with E-state index in [0.717, 1.165) is 38.2 Å². The summed E-state index contributed by atoms with van der Waals surface area (Å²) >= 11 is 5.74. The van der Waals surface area contributed by atoms with Gasteiger partial charge in [-0.2, -0.15) is 0 Å². The minimum Gasteiger partial charge on any atom is -0.493 e. The average Bonchev–Trinajstić information content (AvgIpc) is 2.35. The molecule has 0 aliphatic carbocycles. The molecule has 0 saturated heterocycles. The second-order valence-corrected chi connectivity index (χ2v) is 4.58. The van der Waals surface area contributed by atoms with Gasteiger partial charge >= 0.3 is 0 Å². The van der Waals surface area contributed by atoms with Crippen molar-refractivity contribution in [3.8, 4) is 5.75 Å². The van der Waals surface area contributed by atoms with E-state index in [2.05, 4.69) is 23.1 Å². The molecule has 0 unspecified atom stereocenters. The summed E-state index contributed by atoms with van der Waals surface area (Å²) in [6, 6.07) is 7.13. The van der Waals surface area contributed by atoms with Gasteiger partial charge in [0.15, 0.2) is 0 Å². The molecule has 0 atom stereocenters. The molecule has 0 saturated carbocycles. The van der Waals surface area contributed by atoms with E-state index in [0.29, 0.717) is 6.00 Å². The first-order valence-corrected chi connectivity index (χ1v) is 6.32. The van der Waals surface area contributed by atoms with Crippen molar-refractivity contribution < 1.29 is 4.74 Å². The Morgan fingerprint density at radius 2 is 2.31 bits per heavy atom. The third-order valence-corrected chi connectivity index (χ3v) is 3.37. The normalized spacial score (nSPS) is 14.7. The summed E-state index contributed by atoms with van der Waals surface area (Å²) in [4.78, 5) is 2.11. The van der Waals surface area contributed by atoms with Crippen molar-refractivity contribution in [1.29, 1.82) is 0 Å². The van der Waals surface area contributed by atoms with Gasteiger partial charge in [0, 0.05) is 6.54 Å². The summed E-state index contributed by atoms with van der Waals surface area (Å²) in [5.41, 5.74) is 2.73. The van der Waals surface area contributed by atoms with Gasteiger partial charge in [0.1, 0.15) is 5.75 Å². The van der Waals surface area contributed by atoms with Crippen molar-refractivity contribution in [2.75, 3.05) is 26.2 Å². The highest BCUT2D eigenvalue weighted by Crippen LogP contribution is 2.25. The monoisotopic (exact) mass is 239 g/mol. The Labute approximate surface area is 102 Å². The predicted octanol–water partition coefficient (Wildman–Crippen LogP) is 2.68. The van der Waals surface area contributed by atoms with Crippen LogP contribution in [0.4, 0.5) is 0 Å². The zero-order valence-corrected chi connectivity index (χ0v) is 10.5. The van der Waals surface area contributed by atoms with Crippen molar-refractivity contribution >= 4 is 11.6 Å². The molecule has 1 heterocycles. The van der Waals surface area contributed by atoms with Crippen LogP contribution in [0, 0.1) is 0 Å². The van der Waals surface area contributed by atoms with Gasteiger partial charge < -0.3 is 4.74 Å². The number of halogens is 1. The van der Waals surface area contributed by atoms with Crippen LogP contribution < -0.4 is 4.74 Å². The fourth-order valence-corrected chi connectivity index (χ4v) is 2.07. The lowest BCUT2D eigenvalue weighted by atomic mass is 10.0. The van der Waals surface area contributed by atoms with Gasteiger partial charge in [-0.1, -0.05) is 12.1 Å². The molecule has 0 amide bonds. The Bertz CT molecular complexity index is 354. The number of ether oxygens (including phenoxy) is 1. The van der Waals surface area contributed by atoms with E-state index >= 15 is 0 Å². The van der Waals surface area contributed by atoms with Crippen molar-refractivity contribution in [2.24, 2.45) is 0 Å². The Balaban J connectivity index is 2.00. The van der Waals surface area contributed by atoms with Crippen LogP contribution in [-0.2, 0) is 12.8 Å². The van der Waals surface area contributed by atoms with E-state index in [-0.39, 0.29) is 0 Å². The highest BCUT2D eigenvalue weighted by Gasteiger charge is 2.10. The molecule has 1 aromatic carbocycles. The number of alkyl halides is 1. The number of nitrogens with zero attached hydrogens (tertiary/aromatic N) is 1. The quantitative estimate of drug-likeness (QED) is 0.592. The van der Waals surface area contributed by atoms with Gasteiger partial charge in [-0.15, -0.1) is 11.6 Å². The van der Waals surface area contributed by atoms with Crippen molar-refractivity contribution in [2.45, 2.75) is 19.3 Å². The first-order chi connectivity index (χ1) is 7.79. The van der Waals surface area contributed by atoms with Gasteiger partial charge in [0.2, 0.25) is 0 Å². The maximum Gasteiger partial charge on any atom is 0.122 e.